The number of rotatable bonds is 8. The second kappa shape index (κ2) is 10.3. The Hall–Kier alpha value is -3.96. The van der Waals surface area contributed by atoms with Crippen LogP contribution in [0.25, 0.3) is 11.3 Å². The Balaban J connectivity index is 1.37. The highest BCUT2D eigenvalue weighted by molar-refractivity contribution is 6.34. The molecule has 1 fully saturated rings. The van der Waals surface area contributed by atoms with Crippen molar-refractivity contribution in [2.24, 2.45) is 5.92 Å². The van der Waals surface area contributed by atoms with E-state index in [0.29, 0.717) is 40.3 Å². The summed E-state index contributed by atoms with van der Waals surface area (Å²) in [4.78, 5) is 34.3. The van der Waals surface area contributed by atoms with E-state index in [-0.39, 0.29) is 24.1 Å². The third kappa shape index (κ3) is 5.88. The number of hydrogen-bond donors (Lipinski definition) is 1. The lowest BCUT2D eigenvalue weighted by Gasteiger charge is -2.22. The number of nitrogens with zero attached hydrogens (tertiary/aromatic N) is 4. The van der Waals surface area contributed by atoms with Crippen LogP contribution in [-0.4, -0.2) is 34.9 Å². The van der Waals surface area contributed by atoms with Gasteiger partial charge in [-0.05, 0) is 55.2 Å². The molecule has 0 aliphatic heterocycles. The number of pyridine rings is 2. The zero-order valence-electron chi connectivity index (χ0n) is 18.5. The largest absolute Gasteiger partial charge is 0.482 e. The van der Waals surface area contributed by atoms with Gasteiger partial charge in [-0.15, -0.1) is 0 Å². The van der Waals surface area contributed by atoms with Crippen molar-refractivity contribution >= 4 is 34.8 Å². The van der Waals surface area contributed by atoms with Crippen LogP contribution >= 0.6 is 11.6 Å². The maximum absolute atomic E-state index is 12.2. The number of hydrogen-bond acceptors (Lipinski definition) is 6. The molecule has 1 aliphatic carbocycles. The summed E-state index contributed by atoms with van der Waals surface area (Å²) in [6.45, 7) is 2.03. The molecule has 1 aromatic carbocycles. The SMILES string of the molecule is CC(=O)N(CC1CC1)c1ccc(-c2ccc(NC(=O)COc3ccc(C#N)nc3)cn2)cc1Cl. The van der Waals surface area contributed by atoms with Crippen molar-refractivity contribution in [1.82, 2.24) is 9.97 Å². The number of amides is 2. The first-order valence-corrected chi connectivity index (χ1v) is 11.1. The molecule has 172 valence electrons. The highest BCUT2D eigenvalue weighted by Crippen LogP contribution is 2.35. The Morgan fingerprint density at radius 2 is 2.00 bits per heavy atom. The van der Waals surface area contributed by atoms with Crippen LogP contribution in [0.5, 0.6) is 5.75 Å². The molecule has 0 saturated heterocycles. The molecule has 3 aromatic rings. The summed E-state index contributed by atoms with van der Waals surface area (Å²) in [5.74, 6) is 0.559. The fraction of sp³-hybridized carbons (Fsp3) is 0.240. The zero-order valence-corrected chi connectivity index (χ0v) is 19.2. The highest BCUT2D eigenvalue weighted by Gasteiger charge is 2.27. The van der Waals surface area contributed by atoms with E-state index in [1.807, 2.05) is 18.2 Å². The molecule has 2 heterocycles. The number of anilines is 2. The Kier molecular flexibility index (Phi) is 7.04. The van der Waals surface area contributed by atoms with Crippen molar-refractivity contribution in [2.45, 2.75) is 19.8 Å². The number of carbonyl (C=O) groups excluding carboxylic acids is 2. The average molecular weight is 476 g/mol. The van der Waals surface area contributed by atoms with Gasteiger partial charge in [0, 0.05) is 19.0 Å². The summed E-state index contributed by atoms with van der Waals surface area (Å²) >= 11 is 6.51. The summed E-state index contributed by atoms with van der Waals surface area (Å²) in [6, 6.07) is 14.0. The van der Waals surface area contributed by atoms with Crippen molar-refractivity contribution in [3.05, 3.63) is 65.6 Å². The van der Waals surface area contributed by atoms with Crippen LogP contribution in [0.15, 0.2) is 54.9 Å². The molecule has 0 bridgehead atoms. The van der Waals surface area contributed by atoms with Gasteiger partial charge in [0.1, 0.15) is 17.5 Å². The smallest absolute Gasteiger partial charge is 0.262 e. The quantitative estimate of drug-likeness (QED) is 0.515. The van der Waals surface area contributed by atoms with Gasteiger partial charge < -0.3 is 15.0 Å². The monoisotopic (exact) mass is 475 g/mol. The van der Waals surface area contributed by atoms with E-state index in [4.69, 9.17) is 21.6 Å². The number of nitrogens with one attached hydrogen (secondary N) is 1. The molecule has 9 heteroatoms. The molecule has 2 amide bonds. The second-order valence-corrected chi connectivity index (χ2v) is 8.41. The lowest BCUT2D eigenvalue weighted by molar-refractivity contribution is -0.118. The van der Waals surface area contributed by atoms with E-state index in [1.165, 1.54) is 12.3 Å². The van der Waals surface area contributed by atoms with Gasteiger partial charge in [0.2, 0.25) is 5.91 Å². The number of aromatic nitrogens is 2. The molecule has 2 aromatic heterocycles. The zero-order chi connectivity index (χ0) is 24.1. The van der Waals surface area contributed by atoms with Crippen molar-refractivity contribution in [3.8, 4) is 23.1 Å². The van der Waals surface area contributed by atoms with E-state index in [9.17, 15) is 9.59 Å². The summed E-state index contributed by atoms with van der Waals surface area (Å²) in [6.07, 6.45) is 5.23. The maximum atomic E-state index is 12.2. The number of benzene rings is 1. The molecule has 8 nitrogen and oxygen atoms in total. The first-order chi connectivity index (χ1) is 16.4. The van der Waals surface area contributed by atoms with E-state index in [1.54, 1.807) is 42.3 Å². The Labute approximate surface area is 202 Å². The molecule has 1 N–H and O–H groups in total. The summed E-state index contributed by atoms with van der Waals surface area (Å²) in [7, 11) is 0. The maximum Gasteiger partial charge on any atom is 0.262 e. The van der Waals surface area contributed by atoms with Crippen molar-refractivity contribution in [1.29, 1.82) is 5.26 Å². The van der Waals surface area contributed by atoms with Gasteiger partial charge >= 0.3 is 0 Å². The fourth-order valence-corrected chi connectivity index (χ4v) is 3.64. The molecular weight excluding hydrogens is 454 g/mol. The van der Waals surface area contributed by atoms with Crippen LogP contribution in [0, 0.1) is 17.2 Å². The third-order valence-corrected chi connectivity index (χ3v) is 5.62. The van der Waals surface area contributed by atoms with Crippen molar-refractivity contribution in [3.63, 3.8) is 0 Å². The lowest BCUT2D eigenvalue weighted by atomic mass is 10.1. The van der Waals surface area contributed by atoms with Gasteiger partial charge in [0.05, 0.1) is 34.5 Å². The van der Waals surface area contributed by atoms with Crippen molar-refractivity contribution in [2.75, 3.05) is 23.4 Å². The molecule has 0 atom stereocenters. The predicted octanol–water partition coefficient (Wildman–Crippen LogP) is 4.45. The van der Waals surface area contributed by atoms with E-state index >= 15 is 0 Å². The van der Waals surface area contributed by atoms with Crippen LogP contribution in [0.3, 0.4) is 0 Å². The number of carbonyl (C=O) groups is 2. The van der Waals surface area contributed by atoms with Gasteiger partial charge in [-0.3, -0.25) is 14.6 Å². The Morgan fingerprint density at radius 1 is 1.18 bits per heavy atom. The molecule has 0 radical (unpaired) electrons. The highest BCUT2D eigenvalue weighted by atomic mass is 35.5. The molecule has 34 heavy (non-hydrogen) atoms. The minimum absolute atomic E-state index is 0.0285. The topological polar surface area (TPSA) is 108 Å². The normalized spacial score (nSPS) is 12.5. The van der Waals surface area contributed by atoms with Crippen LogP contribution in [0.2, 0.25) is 5.02 Å². The van der Waals surface area contributed by atoms with Gasteiger partial charge in [-0.25, -0.2) is 4.98 Å². The summed E-state index contributed by atoms with van der Waals surface area (Å²) < 4.78 is 5.37. The van der Waals surface area contributed by atoms with Gasteiger partial charge in [-0.2, -0.15) is 5.26 Å². The predicted molar refractivity (Wildman–Crippen MR) is 129 cm³/mol. The second-order valence-electron chi connectivity index (χ2n) is 8.00. The number of halogens is 1. The Morgan fingerprint density at radius 3 is 2.59 bits per heavy atom. The number of ether oxygens (including phenoxy) is 1. The number of nitriles is 1. The Bertz CT molecular complexity index is 1230. The molecular formula is C25H22ClN5O3. The third-order valence-electron chi connectivity index (χ3n) is 5.32. The van der Waals surface area contributed by atoms with Crippen LogP contribution in [0.4, 0.5) is 11.4 Å². The van der Waals surface area contributed by atoms with Crippen LogP contribution in [-0.2, 0) is 9.59 Å². The van der Waals surface area contributed by atoms with E-state index < -0.39 is 0 Å². The molecule has 1 saturated carbocycles. The lowest BCUT2D eigenvalue weighted by Crippen LogP contribution is -2.30. The standard InChI is InChI=1S/C25H22ClN5O3/c1-16(32)31(14-17-2-3-17)24-9-4-18(10-22(24)26)23-8-6-20(12-29-23)30-25(33)15-34-21-7-5-19(11-27)28-13-21/h4-10,12-13,17H,2-3,14-15H2,1H3,(H,30,33). The first kappa shape index (κ1) is 23.2. The summed E-state index contributed by atoms with van der Waals surface area (Å²) in [5, 5.41) is 12.0. The first-order valence-electron chi connectivity index (χ1n) is 10.8. The van der Waals surface area contributed by atoms with Crippen LogP contribution < -0.4 is 15.0 Å². The van der Waals surface area contributed by atoms with Gasteiger partial charge in [-0.1, -0.05) is 17.7 Å². The van der Waals surface area contributed by atoms with E-state index in [2.05, 4.69) is 15.3 Å². The summed E-state index contributed by atoms with van der Waals surface area (Å²) in [5.41, 5.74) is 2.98. The molecule has 4 rings (SSSR count). The fourth-order valence-electron chi connectivity index (χ4n) is 3.36. The van der Waals surface area contributed by atoms with Crippen LogP contribution in [0.1, 0.15) is 25.5 Å². The molecule has 1 aliphatic rings. The van der Waals surface area contributed by atoms with Crippen molar-refractivity contribution < 1.29 is 14.3 Å². The molecule has 0 spiro atoms. The average Bonchev–Trinajstić information content (AvgIpc) is 3.66. The molecule has 0 unspecified atom stereocenters. The van der Waals surface area contributed by atoms with E-state index in [0.717, 1.165) is 18.4 Å². The van der Waals surface area contributed by atoms with Gasteiger partial charge in [0.15, 0.2) is 6.61 Å². The minimum Gasteiger partial charge on any atom is -0.482 e. The minimum atomic E-state index is -0.355. The van der Waals surface area contributed by atoms with Gasteiger partial charge in [0.25, 0.3) is 5.91 Å².